The van der Waals surface area contributed by atoms with Crippen LogP contribution in [0, 0.1) is 0 Å². The molecule has 0 spiro atoms. The van der Waals surface area contributed by atoms with Gasteiger partial charge < -0.3 is 4.42 Å². The normalized spacial score (nSPS) is 11.5. The fourth-order valence-electron chi connectivity index (χ4n) is 2.22. The molecule has 1 amide bonds. The summed E-state index contributed by atoms with van der Waals surface area (Å²) in [4.78, 5) is 16.6. The highest BCUT2D eigenvalue weighted by Crippen LogP contribution is 2.26. The standard InChI is InChI=1S/C17H17N3O4S2/c1-3-11-4-6-12(7-5-11)13-10-25-17(19-13)20-16(21)14-8-9-15(24-14)26(22,23)18-2/h4-10,18H,3H2,1-2H3,(H,19,20,21). The predicted molar refractivity (Wildman–Crippen MR) is 99.8 cm³/mol. The van der Waals surface area contributed by atoms with Gasteiger partial charge >= 0.3 is 0 Å². The number of rotatable bonds is 6. The predicted octanol–water partition coefficient (Wildman–Crippen LogP) is 3.13. The molecule has 26 heavy (non-hydrogen) atoms. The van der Waals surface area contributed by atoms with Crippen LogP contribution in [0.25, 0.3) is 11.3 Å². The highest BCUT2D eigenvalue weighted by Gasteiger charge is 2.20. The van der Waals surface area contributed by atoms with Crippen LogP contribution in [0.1, 0.15) is 23.0 Å². The minimum absolute atomic E-state index is 0.108. The van der Waals surface area contributed by atoms with Crippen molar-refractivity contribution in [2.75, 3.05) is 12.4 Å². The molecule has 0 fully saturated rings. The van der Waals surface area contributed by atoms with Gasteiger partial charge in [-0.05, 0) is 31.2 Å². The van der Waals surface area contributed by atoms with Crippen molar-refractivity contribution in [2.24, 2.45) is 0 Å². The van der Waals surface area contributed by atoms with Crippen LogP contribution in [0.4, 0.5) is 5.13 Å². The number of nitrogens with one attached hydrogen (secondary N) is 2. The zero-order chi connectivity index (χ0) is 18.7. The smallest absolute Gasteiger partial charge is 0.293 e. The molecule has 1 aromatic carbocycles. The van der Waals surface area contributed by atoms with Crippen LogP contribution in [-0.2, 0) is 16.4 Å². The second kappa shape index (κ2) is 7.40. The van der Waals surface area contributed by atoms with E-state index in [0.717, 1.165) is 17.7 Å². The number of aromatic nitrogens is 1. The third-order valence-electron chi connectivity index (χ3n) is 3.72. The van der Waals surface area contributed by atoms with E-state index in [1.54, 1.807) is 0 Å². The molecule has 2 aromatic heterocycles. The van der Waals surface area contributed by atoms with Gasteiger partial charge in [0, 0.05) is 10.9 Å². The van der Waals surface area contributed by atoms with Gasteiger partial charge in [0.05, 0.1) is 5.69 Å². The van der Waals surface area contributed by atoms with Gasteiger partial charge in [-0.2, -0.15) is 0 Å². The molecule has 0 bridgehead atoms. The van der Waals surface area contributed by atoms with Gasteiger partial charge in [0.1, 0.15) is 0 Å². The third-order valence-corrected chi connectivity index (χ3v) is 5.77. The molecule has 0 aliphatic heterocycles. The zero-order valence-electron chi connectivity index (χ0n) is 14.1. The van der Waals surface area contributed by atoms with Crippen LogP contribution in [-0.4, -0.2) is 26.4 Å². The van der Waals surface area contributed by atoms with E-state index in [4.69, 9.17) is 4.42 Å². The topological polar surface area (TPSA) is 101 Å². The summed E-state index contributed by atoms with van der Waals surface area (Å²) < 4.78 is 30.5. The van der Waals surface area contributed by atoms with Crippen molar-refractivity contribution in [1.82, 2.24) is 9.71 Å². The Bertz CT molecular complexity index is 1020. The number of furan rings is 1. The van der Waals surface area contributed by atoms with E-state index in [9.17, 15) is 13.2 Å². The molecule has 3 rings (SSSR count). The number of hydrogen-bond donors (Lipinski definition) is 2. The van der Waals surface area contributed by atoms with Crippen LogP contribution < -0.4 is 10.0 Å². The Balaban J connectivity index is 1.73. The first-order valence-corrected chi connectivity index (χ1v) is 10.2. The fraction of sp³-hybridized carbons (Fsp3) is 0.176. The number of sulfonamides is 1. The summed E-state index contributed by atoms with van der Waals surface area (Å²) in [6, 6.07) is 10.6. The maximum atomic E-state index is 12.2. The monoisotopic (exact) mass is 391 g/mol. The number of anilines is 1. The molecule has 9 heteroatoms. The molecule has 0 radical (unpaired) electrons. The quantitative estimate of drug-likeness (QED) is 0.672. The first kappa shape index (κ1) is 18.3. The number of amides is 1. The fourth-order valence-corrected chi connectivity index (χ4v) is 3.58. The highest BCUT2D eigenvalue weighted by atomic mass is 32.2. The summed E-state index contributed by atoms with van der Waals surface area (Å²) in [6.45, 7) is 2.09. The number of carbonyl (C=O) groups excluding carboxylic acids is 1. The molecule has 136 valence electrons. The van der Waals surface area contributed by atoms with Crippen LogP contribution in [0.2, 0.25) is 0 Å². The van der Waals surface area contributed by atoms with Gasteiger partial charge in [0.2, 0.25) is 5.09 Å². The Morgan fingerprint density at radius 2 is 1.92 bits per heavy atom. The molecule has 2 heterocycles. The molecule has 2 N–H and O–H groups in total. The van der Waals surface area contributed by atoms with Gasteiger partial charge in [0.25, 0.3) is 15.9 Å². The Kier molecular flexibility index (Phi) is 5.21. The zero-order valence-corrected chi connectivity index (χ0v) is 15.8. The summed E-state index contributed by atoms with van der Waals surface area (Å²) >= 11 is 1.28. The lowest BCUT2D eigenvalue weighted by molar-refractivity contribution is 0.0991. The minimum atomic E-state index is -3.73. The van der Waals surface area contributed by atoms with Crippen molar-refractivity contribution < 1.29 is 17.6 Å². The van der Waals surface area contributed by atoms with Gasteiger partial charge in [0.15, 0.2) is 10.9 Å². The molecule has 0 saturated heterocycles. The second-order valence-corrected chi connectivity index (χ2v) is 8.04. The van der Waals surface area contributed by atoms with Crippen molar-refractivity contribution in [2.45, 2.75) is 18.4 Å². The number of benzene rings is 1. The number of thiazole rings is 1. The molecule has 0 aliphatic rings. The Morgan fingerprint density at radius 1 is 1.19 bits per heavy atom. The maximum Gasteiger partial charge on any atom is 0.293 e. The summed E-state index contributed by atoms with van der Waals surface area (Å²) in [5.41, 5.74) is 2.95. The van der Waals surface area contributed by atoms with E-state index in [0.29, 0.717) is 5.13 Å². The molecule has 0 atom stereocenters. The van der Waals surface area contributed by atoms with E-state index in [-0.39, 0.29) is 10.9 Å². The molecule has 3 aromatic rings. The first-order chi connectivity index (χ1) is 12.4. The van der Waals surface area contributed by atoms with Crippen LogP contribution in [0.5, 0.6) is 0 Å². The first-order valence-electron chi connectivity index (χ1n) is 7.82. The number of hydrogen-bond acceptors (Lipinski definition) is 6. The molecule has 0 unspecified atom stereocenters. The van der Waals surface area contributed by atoms with Gasteiger partial charge in [-0.1, -0.05) is 31.2 Å². The lowest BCUT2D eigenvalue weighted by atomic mass is 10.1. The van der Waals surface area contributed by atoms with E-state index in [1.807, 2.05) is 29.6 Å². The minimum Gasteiger partial charge on any atom is -0.438 e. The summed E-state index contributed by atoms with van der Waals surface area (Å²) in [6.07, 6.45) is 0.965. The average molecular weight is 391 g/mol. The second-order valence-electron chi connectivity index (χ2n) is 5.37. The van der Waals surface area contributed by atoms with E-state index >= 15 is 0 Å². The maximum absolute atomic E-state index is 12.2. The van der Waals surface area contributed by atoms with Crippen LogP contribution in [0.15, 0.2) is 51.3 Å². The number of aryl methyl sites for hydroxylation is 1. The molecule has 0 saturated carbocycles. The van der Waals surface area contributed by atoms with E-state index in [1.165, 1.54) is 36.1 Å². The molecular formula is C17H17N3O4S2. The lowest BCUT2D eigenvalue weighted by Gasteiger charge is -2.00. The van der Waals surface area contributed by atoms with Crippen LogP contribution in [0.3, 0.4) is 0 Å². The van der Waals surface area contributed by atoms with Crippen molar-refractivity contribution in [3.05, 3.63) is 53.1 Å². The SMILES string of the molecule is CCc1ccc(-c2csc(NC(=O)c3ccc(S(=O)(=O)NC)o3)n2)cc1. The van der Waals surface area contributed by atoms with E-state index < -0.39 is 15.9 Å². The van der Waals surface area contributed by atoms with Gasteiger partial charge in [-0.3, -0.25) is 10.1 Å². The Hall–Kier alpha value is -2.49. The van der Waals surface area contributed by atoms with Crippen molar-refractivity contribution >= 4 is 32.4 Å². The molecule has 7 nitrogen and oxygen atoms in total. The Morgan fingerprint density at radius 3 is 2.58 bits per heavy atom. The van der Waals surface area contributed by atoms with Gasteiger partial charge in [-0.15, -0.1) is 11.3 Å². The van der Waals surface area contributed by atoms with Crippen molar-refractivity contribution in [3.63, 3.8) is 0 Å². The van der Waals surface area contributed by atoms with Crippen LogP contribution >= 0.6 is 11.3 Å². The highest BCUT2D eigenvalue weighted by molar-refractivity contribution is 7.89. The number of carbonyl (C=O) groups is 1. The van der Waals surface area contributed by atoms with Gasteiger partial charge in [-0.25, -0.2) is 18.1 Å². The van der Waals surface area contributed by atoms with Crippen molar-refractivity contribution in [1.29, 1.82) is 0 Å². The molecule has 0 aliphatic carbocycles. The molecular weight excluding hydrogens is 374 g/mol. The number of nitrogens with zero attached hydrogens (tertiary/aromatic N) is 1. The summed E-state index contributed by atoms with van der Waals surface area (Å²) in [5.74, 6) is -0.673. The Labute approximate surface area is 155 Å². The summed E-state index contributed by atoms with van der Waals surface area (Å²) in [7, 11) is -2.47. The average Bonchev–Trinajstić information content (AvgIpc) is 3.32. The van der Waals surface area contributed by atoms with Crippen molar-refractivity contribution in [3.8, 4) is 11.3 Å². The third kappa shape index (κ3) is 3.85. The largest absolute Gasteiger partial charge is 0.438 e. The van der Waals surface area contributed by atoms with E-state index in [2.05, 4.69) is 21.9 Å². The summed E-state index contributed by atoms with van der Waals surface area (Å²) in [5, 5.41) is 4.54. The lowest BCUT2D eigenvalue weighted by Crippen LogP contribution is -2.18.